The molecule has 56 valence electrons. The van der Waals surface area contributed by atoms with E-state index in [1.807, 2.05) is 12.1 Å². The first kappa shape index (κ1) is 7.55. The molecule has 0 bridgehead atoms. The summed E-state index contributed by atoms with van der Waals surface area (Å²) in [6.45, 7) is 0.683. The fourth-order valence-electron chi connectivity index (χ4n) is 0.730. The molecule has 1 rings (SSSR count). The van der Waals surface area contributed by atoms with Gasteiger partial charge in [-0.2, -0.15) is 5.26 Å². The summed E-state index contributed by atoms with van der Waals surface area (Å²) in [6.07, 6.45) is 3.97. The lowest BCUT2D eigenvalue weighted by molar-refractivity contribution is 1.07. The van der Waals surface area contributed by atoms with Gasteiger partial charge in [0.1, 0.15) is 0 Å². The molecule has 0 aliphatic carbocycles. The van der Waals surface area contributed by atoms with Crippen molar-refractivity contribution < 1.29 is 0 Å². The summed E-state index contributed by atoms with van der Waals surface area (Å²) in [4.78, 5) is 3.92. The van der Waals surface area contributed by atoms with E-state index in [0.29, 0.717) is 13.0 Å². The van der Waals surface area contributed by atoms with Crippen LogP contribution in [0.5, 0.6) is 0 Å². The van der Waals surface area contributed by atoms with Crippen molar-refractivity contribution in [1.82, 2.24) is 4.98 Å². The minimum atomic E-state index is 0.523. The van der Waals surface area contributed by atoms with Crippen LogP contribution in [0.4, 0.5) is 5.69 Å². The number of anilines is 1. The highest BCUT2D eigenvalue weighted by Crippen LogP contribution is 2.01. The SMILES string of the molecule is N#CCCNc1cccnc1. The fraction of sp³-hybridized carbons (Fsp3) is 0.250. The van der Waals surface area contributed by atoms with Crippen molar-refractivity contribution in [2.75, 3.05) is 11.9 Å². The maximum atomic E-state index is 8.24. The lowest BCUT2D eigenvalue weighted by atomic mass is 10.4. The average molecular weight is 147 g/mol. The molecule has 0 amide bonds. The molecule has 0 spiro atoms. The van der Waals surface area contributed by atoms with Crippen LogP contribution in [-0.2, 0) is 0 Å². The van der Waals surface area contributed by atoms with Gasteiger partial charge in [-0.15, -0.1) is 0 Å². The Labute approximate surface area is 65.7 Å². The Kier molecular flexibility index (Phi) is 2.94. The first-order valence-corrected chi connectivity index (χ1v) is 3.44. The molecule has 1 N–H and O–H groups in total. The summed E-state index contributed by atoms with van der Waals surface area (Å²) in [6, 6.07) is 5.83. The zero-order valence-corrected chi connectivity index (χ0v) is 6.12. The van der Waals surface area contributed by atoms with E-state index >= 15 is 0 Å². The lowest BCUT2D eigenvalue weighted by Gasteiger charge is -2.00. The molecule has 3 heteroatoms. The monoisotopic (exact) mass is 147 g/mol. The number of pyridine rings is 1. The van der Waals surface area contributed by atoms with Crippen LogP contribution in [0.3, 0.4) is 0 Å². The number of nitriles is 1. The second-order valence-corrected chi connectivity index (χ2v) is 2.08. The lowest BCUT2D eigenvalue weighted by Crippen LogP contribution is -1.99. The molecule has 0 saturated heterocycles. The number of aromatic nitrogens is 1. The smallest absolute Gasteiger partial charge is 0.0640 e. The van der Waals surface area contributed by atoms with E-state index in [-0.39, 0.29) is 0 Å². The first-order valence-electron chi connectivity index (χ1n) is 3.44. The van der Waals surface area contributed by atoms with Crippen LogP contribution < -0.4 is 5.32 Å². The van der Waals surface area contributed by atoms with Gasteiger partial charge in [0.05, 0.1) is 18.2 Å². The van der Waals surface area contributed by atoms with Crippen molar-refractivity contribution in [3.05, 3.63) is 24.5 Å². The number of nitrogens with one attached hydrogen (secondary N) is 1. The number of hydrogen-bond acceptors (Lipinski definition) is 3. The van der Waals surface area contributed by atoms with Crippen molar-refractivity contribution >= 4 is 5.69 Å². The highest BCUT2D eigenvalue weighted by atomic mass is 14.9. The topological polar surface area (TPSA) is 48.7 Å². The molecule has 0 atom stereocenters. The second kappa shape index (κ2) is 4.29. The van der Waals surface area contributed by atoms with Gasteiger partial charge in [0, 0.05) is 18.9 Å². The predicted molar refractivity (Wildman–Crippen MR) is 43.0 cm³/mol. The zero-order valence-electron chi connectivity index (χ0n) is 6.12. The average Bonchev–Trinajstić information content (AvgIpc) is 2.07. The van der Waals surface area contributed by atoms with E-state index in [0.717, 1.165) is 5.69 Å². The van der Waals surface area contributed by atoms with Crippen LogP contribution in [0, 0.1) is 11.3 Å². The predicted octanol–water partition coefficient (Wildman–Crippen LogP) is 1.41. The van der Waals surface area contributed by atoms with Gasteiger partial charge in [0.15, 0.2) is 0 Å². The fourth-order valence-corrected chi connectivity index (χ4v) is 0.730. The summed E-state index contributed by atoms with van der Waals surface area (Å²) in [7, 11) is 0. The van der Waals surface area contributed by atoms with Crippen molar-refractivity contribution in [2.45, 2.75) is 6.42 Å². The second-order valence-electron chi connectivity index (χ2n) is 2.08. The van der Waals surface area contributed by atoms with E-state index in [4.69, 9.17) is 5.26 Å². The van der Waals surface area contributed by atoms with Gasteiger partial charge in [-0.3, -0.25) is 4.98 Å². The maximum Gasteiger partial charge on any atom is 0.0640 e. The minimum Gasteiger partial charge on any atom is -0.383 e. The largest absolute Gasteiger partial charge is 0.383 e. The van der Waals surface area contributed by atoms with E-state index in [1.54, 1.807) is 12.4 Å². The van der Waals surface area contributed by atoms with Gasteiger partial charge >= 0.3 is 0 Å². The Morgan fingerprint density at radius 1 is 1.64 bits per heavy atom. The molecule has 0 aliphatic rings. The molecule has 1 heterocycles. The summed E-state index contributed by atoms with van der Waals surface area (Å²) >= 11 is 0. The molecule has 0 aliphatic heterocycles. The molecule has 0 saturated carbocycles. The van der Waals surface area contributed by atoms with Gasteiger partial charge < -0.3 is 5.32 Å². The van der Waals surface area contributed by atoms with E-state index in [1.165, 1.54) is 0 Å². The van der Waals surface area contributed by atoms with Gasteiger partial charge in [-0.05, 0) is 12.1 Å². The van der Waals surface area contributed by atoms with Crippen molar-refractivity contribution in [3.8, 4) is 6.07 Å². The van der Waals surface area contributed by atoms with Crippen molar-refractivity contribution in [3.63, 3.8) is 0 Å². The molecule has 3 nitrogen and oxygen atoms in total. The molecule has 11 heavy (non-hydrogen) atoms. The standard InChI is InChI=1S/C8H9N3/c9-4-2-6-11-8-3-1-5-10-7-8/h1,3,5,7,11H,2,6H2. The summed E-state index contributed by atoms with van der Waals surface area (Å²) in [5.74, 6) is 0. The molecular formula is C8H9N3. The van der Waals surface area contributed by atoms with E-state index < -0.39 is 0 Å². The van der Waals surface area contributed by atoms with Crippen LogP contribution in [-0.4, -0.2) is 11.5 Å². The van der Waals surface area contributed by atoms with Crippen LogP contribution >= 0.6 is 0 Å². The Morgan fingerprint density at radius 3 is 3.18 bits per heavy atom. The van der Waals surface area contributed by atoms with Gasteiger partial charge in [-0.25, -0.2) is 0 Å². The normalized spacial score (nSPS) is 8.64. The number of rotatable bonds is 3. The minimum absolute atomic E-state index is 0.523. The van der Waals surface area contributed by atoms with E-state index in [2.05, 4.69) is 16.4 Å². The van der Waals surface area contributed by atoms with Gasteiger partial charge in [0.25, 0.3) is 0 Å². The highest BCUT2D eigenvalue weighted by molar-refractivity contribution is 5.39. The Morgan fingerprint density at radius 2 is 2.55 bits per heavy atom. The number of nitrogens with zero attached hydrogens (tertiary/aromatic N) is 2. The molecular weight excluding hydrogens is 138 g/mol. The Balaban J connectivity index is 2.35. The Bertz CT molecular complexity index is 237. The third-order valence-corrected chi connectivity index (χ3v) is 1.23. The van der Waals surface area contributed by atoms with Gasteiger partial charge in [0.2, 0.25) is 0 Å². The zero-order chi connectivity index (χ0) is 7.94. The quantitative estimate of drug-likeness (QED) is 0.657. The molecule has 0 aromatic carbocycles. The summed E-state index contributed by atoms with van der Waals surface area (Å²) in [5.41, 5.74) is 0.961. The van der Waals surface area contributed by atoms with Crippen LogP contribution in [0.1, 0.15) is 6.42 Å². The van der Waals surface area contributed by atoms with Gasteiger partial charge in [-0.1, -0.05) is 0 Å². The van der Waals surface area contributed by atoms with Crippen LogP contribution in [0.15, 0.2) is 24.5 Å². The molecule has 1 aromatic rings. The third kappa shape index (κ3) is 2.67. The van der Waals surface area contributed by atoms with Crippen molar-refractivity contribution in [2.24, 2.45) is 0 Å². The first-order chi connectivity index (χ1) is 5.43. The number of hydrogen-bond donors (Lipinski definition) is 1. The van der Waals surface area contributed by atoms with Crippen molar-refractivity contribution in [1.29, 1.82) is 5.26 Å². The molecule has 1 aromatic heterocycles. The van der Waals surface area contributed by atoms with Crippen LogP contribution in [0.2, 0.25) is 0 Å². The maximum absolute atomic E-state index is 8.24. The molecule has 0 fully saturated rings. The Hall–Kier alpha value is -1.56. The molecule has 0 unspecified atom stereocenters. The summed E-state index contributed by atoms with van der Waals surface area (Å²) < 4.78 is 0. The molecule has 0 radical (unpaired) electrons. The highest BCUT2D eigenvalue weighted by Gasteiger charge is 1.87. The summed E-state index contributed by atoms with van der Waals surface area (Å²) in [5, 5.41) is 11.3. The van der Waals surface area contributed by atoms with E-state index in [9.17, 15) is 0 Å². The third-order valence-electron chi connectivity index (χ3n) is 1.23. The van der Waals surface area contributed by atoms with Crippen LogP contribution in [0.25, 0.3) is 0 Å².